The first-order valence-electron chi connectivity index (χ1n) is 10.5. The molecule has 1 N–H and O–H groups in total. The topological polar surface area (TPSA) is 42.7 Å². The van der Waals surface area contributed by atoms with Crippen LogP contribution in [0.15, 0.2) is 24.5 Å². The average Bonchev–Trinajstić information content (AvgIpc) is 3.44. The van der Waals surface area contributed by atoms with Gasteiger partial charge in [-0.1, -0.05) is 32.7 Å². The maximum Gasteiger partial charge on any atom is 0.435 e. The molecule has 0 radical (unpaired) electrons. The minimum Gasteiger partial charge on any atom is -0.347 e. The number of aryl methyl sites for hydroxylation is 1. The molecule has 0 amide bonds. The summed E-state index contributed by atoms with van der Waals surface area (Å²) in [5, 5.41) is 1.31. The van der Waals surface area contributed by atoms with E-state index in [4.69, 9.17) is 0 Å². The molecule has 3 aromatic rings. The van der Waals surface area contributed by atoms with Gasteiger partial charge in [0.25, 0.3) is 0 Å². The predicted molar refractivity (Wildman–Crippen MR) is 120 cm³/mol. The van der Waals surface area contributed by atoms with E-state index in [9.17, 15) is 13.2 Å². The second-order valence-corrected chi connectivity index (χ2v) is 10.7. The molecule has 0 spiro atoms. The van der Waals surface area contributed by atoms with Crippen LogP contribution in [0.25, 0.3) is 22.2 Å². The van der Waals surface area contributed by atoms with Crippen LogP contribution in [0.5, 0.6) is 0 Å². The Morgan fingerprint density at radius 3 is 2.53 bits per heavy atom. The van der Waals surface area contributed by atoms with E-state index >= 15 is 4.39 Å². The molecule has 0 unspecified atom stereocenters. The zero-order valence-electron chi connectivity index (χ0n) is 18.5. The monoisotopic (exact) mass is 466 g/mol. The first kappa shape index (κ1) is 23.0. The number of nitrogens with one attached hydrogen (secondary N) is 1. The molecule has 1 fully saturated rings. The standard InChI is InChI=1S/C23H26F4N4S/c1-13-9-28-20(21(30-13)23(25,26)27)17-8-19-16(7-18(17)24)14(10-29-32-15-5-6-15)11-31(19)12-22(2,3)4/h7-9,11,15,29H,5-6,10,12H2,1-4H3. The fourth-order valence-electron chi connectivity index (χ4n) is 3.64. The number of halogens is 4. The molecule has 4 rings (SSSR count). The van der Waals surface area contributed by atoms with Gasteiger partial charge in [-0.15, -0.1) is 0 Å². The Hall–Kier alpha value is -2.13. The van der Waals surface area contributed by atoms with Gasteiger partial charge >= 0.3 is 6.18 Å². The lowest BCUT2D eigenvalue weighted by atomic mass is 9.97. The molecule has 1 aliphatic carbocycles. The fourth-order valence-corrected chi connectivity index (χ4v) is 4.49. The van der Waals surface area contributed by atoms with Crippen LogP contribution in [0.2, 0.25) is 0 Å². The highest BCUT2D eigenvalue weighted by atomic mass is 32.2. The van der Waals surface area contributed by atoms with Gasteiger partial charge in [-0.05, 0) is 42.9 Å². The smallest absolute Gasteiger partial charge is 0.347 e. The number of aromatic nitrogens is 3. The van der Waals surface area contributed by atoms with Crippen molar-refractivity contribution >= 4 is 22.9 Å². The van der Waals surface area contributed by atoms with Crippen molar-refractivity contribution in [3.8, 4) is 11.3 Å². The zero-order chi connectivity index (χ0) is 23.3. The minimum absolute atomic E-state index is 0.0746. The van der Waals surface area contributed by atoms with E-state index in [1.54, 1.807) is 11.9 Å². The number of alkyl halides is 3. The Kier molecular flexibility index (Phi) is 6.00. The summed E-state index contributed by atoms with van der Waals surface area (Å²) >= 11 is 1.68. The number of nitrogens with zero attached hydrogens (tertiary/aromatic N) is 3. The van der Waals surface area contributed by atoms with Crippen LogP contribution in [0.1, 0.15) is 50.6 Å². The largest absolute Gasteiger partial charge is 0.435 e. The van der Waals surface area contributed by atoms with E-state index in [2.05, 4.69) is 35.5 Å². The van der Waals surface area contributed by atoms with Gasteiger partial charge in [0.1, 0.15) is 11.5 Å². The molecule has 1 aromatic carbocycles. The molecule has 0 saturated heterocycles. The van der Waals surface area contributed by atoms with Crippen LogP contribution in [-0.4, -0.2) is 19.8 Å². The molecule has 9 heteroatoms. The van der Waals surface area contributed by atoms with Crippen LogP contribution < -0.4 is 4.72 Å². The Morgan fingerprint density at radius 1 is 1.19 bits per heavy atom. The lowest BCUT2D eigenvalue weighted by Gasteiger charge is -2.20. The van der Waals surface area contributed by atoms with Crippen LogP contribution in [0, 0.1) is 18.2 Å². The van der Waals surface area contributed by atoms with Crippen molar-refractivity contribution in [1.29, 1.82) is 0 Å². The second kappa shape index (κ2) is 8.33. The van der Waals surface area contributed by atoms with Gasteiger partial charge in [-0.2, -0.15) is 13.2 Å². The number of hydrogen-bond donors (Lipinski definition) is 1. The Balaban J connectivity index is 1.83. The van der Waals surface area contributed by atoms with Crippen molar-refractivity contribution in [1.82, 2.24) is 19.3 Å². The third-order valence-electron chi connectivity index (χ3n) is 5.15. The summed E-state index contributed by atoms with van der Waals surface area (Å²) in [6, 6.07) is 2.80. The van der Waals surface area contributed by atoms with E-state index in [0.29, 0.717) is 29.2 Å². The summed E-state index contributed by atoms with van der Waals surface area (Å²) in [5.41, 5.74) is -0.219. The van der Waals surface area contributed by atoms with Crippen molar-refractivity contribution in [3.05, 3.63) is 47.3 Å². The number of hydrogen-bond acceptors (Lipinski definition) is 4. The highest BCUT2D eigenvalue weighted by molar-refractivity contribution is 7.98. The lowest BCUT2D eigenvalue weighted by molar-refractivity contribution is -0.140. The minimum atomic E-state index is -4.74. The van der Waals surface area contributed by atoms with Gasteiger partial charge in [-0.3, -0.25) is 9.71 Å². The Bertz CT molecular complexity index is 1140. The van der Waals surface area contributed by atoms with Gasteiger partial charge in [0.15, 0.2) is 5.69 Å². The number of rotatable bonds is 6. The highest BCUT2D eigenvalue weighted by Crippen LogP contribution is 2.38. The first-order valence-corrected chi connectivity index (χ1v) is 11.4. The molecule has 0 atom stereocenters. The van der Waals surface area contributed by atoms with E-state index in [1.165, 1.54) is 38.1 Å². The molecule has 2 aromatic heterocycles. The molecule has 1 saturated carbocycles. The normalized spacial score (nSPS) is 15.0. The Morgan fingerprint density at radius 2 is 1.91 bits per heavy atom. The number of fused-ring (bicyclic) bond motifs is 1. The van der Waals surface area contributed by atoms with Crippen molar-refractivity contribution in [2.24, 2.45) is 5.41 Å². The van der Waals surface area contributed by atoms with Gasteiger partial charge in [-0.25, -0.2) is 9.37 Å². The van der Waals surface area contributed by atoms with E-state index in [0.717, 1.165) is 5.56 Å². The van der Waals surface area contributed by atoms with Crippen LogP contribution in [0.4, 0.5) is 17.6 Å². The maximum atomic E-state index is 15.2. The SMILES string of the molecule is Cc1cnc(-c2cc3c(cc2F)c(CNSC2CC2)cn3CC(C)(C)C)c(C(F)(F)F)n1. The zero-order valence-corrected chi connectivity index (χ0v) is 19.3. The summed E-state index contributed by atoms with van der Waals surface area (Å²) in [6.45, 7) is 8.85. The van der Waals surface area contributed by atoms with E-state index in [1.807, 2.05) is 10.8 Å². The van der Waals surface area contributed by atoms with Gasteiger partial charge in [0, 0.05) is 47.2 Å². The van der Waals surface area contributed by atoms with E-state index < -0.39 is 23.4 Å². The van der Waals surface area contributed by atoms with Crippen molar-refractivity contribution < 1.29 is 17.6 Å². The molecule has 2 heterocycles. The van der Waals surface area contributed by atoms with Gasteiger partial charge in [0.05, 0.1) is 5.69 Å². The lowest BCUT2D eigenvalue weighted by Crippen LogP contribution is -2.15. The van der Waals surface area contributed by atoms with Gasteiger partial charge < -0.3 is 4.57 Å². The molecule has 0 bridgehead atoms. The van der Waals surface area contributed by atoms with Gasteiger partial charge in [0.2, 0.25) is 0 Å². The summed E-state index contributed by atoms with van der Waals surface area (Å²) in [7, 11) is 0. The molecule has 4 nitrogen and oxygen atoms in total. The van der Waals surface area contributed by atoms with Crippen LogP contribution >= 0.6 is 11.9 Å². The molecule has 172 valence electrons. The first-order chi connectivity index (χ1) is 14.9. The number of benzene rings is 1. The third-order valence-corrected chi connectivity index (χ3v) is 6.27. The predicted octanol–water partition coefficient (Wildman–Crippen LogP) is 6.51. The van der Waals surface area contributed by atoms with Crippen molar-refractivity contribution in [3.63, 3.8) is 0 Å². The van der Waals surface area contributed by atoms with Crippen LogP contribution in [0.3, 0.4) is 0 Å². The Labute approximate surface area is 189 Å². The second-order valence-electron chi connectivity index (χ2n) is 9.54. The van der Waals surface area contributed by atoms with Crippen molar-refractivity contribution in [2.45, 2.75) is 65.1 Å². The molecule has 32 heavy (non-hydrogen) atoms. The highest BCUT2D eigenvalue weighted by Gasteiger charge is 2.37. The average molecular weight is 467 g/mol. The quantitative estimate of drug-likeness (QED) is 0.332. The third kappa shape index (κ3) is 5.09. The van der Waals surface area contributed by atoms with Crippen molar-refractivity contribution in [2.75, 3.05) is 0 Å². The molecular formula is C23H26F4N4S. The fraction of sp³-hybridized carbons (Fsp3) is 0.478. The molecular weight excluding hydrogens is 440 g/mol. The molecule has 1 aliphatic rings. The summed E-state index contributed by atoms with van der Waals surface area (Å²) in [6.07, 6.45) is 0.845. The molecule has 0 aliphatic heterocycles. The van der Waals surface area contributed by atoms with E-state index in [-0.39, 0.29) is 16.7 Å². The summed E-state index contributed by atoms with van der Waals surface area (Å²) < 4.78 is 61.4. The summed E-state index contributed by atoms with van der Waals surface area (Å²) in [4.78, 5) is 7.54. The summed E-state index contributed by atoms with van der Waals surface area (Å²) in [5.74, 6) is -0.745. The van der Waals surface area contributed by atoms with Crippen LogP contribution in [-0.2, 0) is 19.3 Å². The maximum absolute atomic E-state index is 15.2.